The van der Waals surface area contributed by atoms with Crippen molar-refractivity contribution in [2.75, 3.05) is 13.2 Å². The van der Waals surface area contributed by atoms with Crippen LogP contribution in [0.1, 0.15) is 31.5 Å². The van der Waals surface area contributed by atoms with Crippen molar-refractivity contribution in [1.29, 1.82) is 0 Å². The quantitative estimate of drug-likeness (QED) is 0.478. The first-order chi connectivity index (χ1) is 13.5. The molecule has 1 aromatic heterocycles. The van der Waals surface area contributed by atoms with Gasteiger partial charge in [-0.1, -0.05) is 6.92 Å². The first-order valence-electron chi connectivity index (χ1n) is 9.23. The van der Waals surface area contributed by atoms with Gasteiger partial charge in [0.1, 0.15) is 11.5 Å². The Labute approximate surface area is 163 Å². The molecule has 0 radical (unpaired) electrons. The zero-order valence-electron chi connectivity index (χ0n) is 16.4. The molecule has 0 saturated carbocycles. The SMILES string of the molecule is CCCOc1ccc(CN=C(NCC)NCc2ccnn2C)c(OC(F)F)c1. The second kappa shape index (κ2) is 11.1. The molecule has 154 valence electrons. The molecule has 0 spiro atoms. The van der Waals surface area contributed by atoms with Gasteiger partial charge >= 0.3 is 6.61 Å². The first-order valence-corrected chi connectivity index (χ1v) is 9.23. The van der Waals surface area contributed by atoms with Crippen molar-refractivity contribution in [2.24, 2.45) is 12.0 Å². The molecule has 0 unspecified atom stereocenters. The summed E-state index contributed by atoms with van der Waals surface area (Å²) >= 11 is 0. The van der Waals surface area contributed by atoms with Gasteiger partial charge < -0.3 is 20.1 Å². The van der Waals surface area contributed by atoms with E-state index in [1.807, 2.05) is 27.0 Å². The molecule has 0 saturated heterocycles. The molecule has 0 bridgehead atoms. The van der Waals surface area contributed by atoms with Gasteiger partial charge in [-0.25, -0.2) is 4.99 Å². The predicted octanol–water partition coefficient (Wildman–Crippen LogP) is 3.07. The van der Waals surface area contributed by atoms with Crippen LogP contribution in [0.3, 0.4) is 0 Å². The maximum absolute atomic E-state index is 12.8. The van der Waals surface area contributed by atoms with Crippen molar-refractivity contribution in [2.45, 2.75) is 40.0 Å². The van der Waals surface area contributed by atoms with E-state index in [0.717, 1.165) is 12.1 Å². The fraction of sp³-hybridized carbons (Fsp3) is 0.474. The van der Waals surface area contributed by atoms with Crippen LogP contribution in [0, 0.1) is 0 Å². The average molecular weight is 395 g/mol. The van der Waals surface area contributed by atoms with Crippen molar-refractivity contribution in [3.63, 3.8) is 0 Å². The van der Waals surface area contributed by atoms with Gasteiger partial charge in [-0.05, 0) is 31.5 Å². The van der Waals surface area contributed by atoms with E-state index < -0.39 is 6.61 Å². The summed E-state index contributed by atoms with van der Waals surface area (Å²) in [6.45, 7) is 2.89. The minimum absolute atomic E-state index is 0.0647. The smallest absolute Gasteiger partial charge is 0.387 e. The number of rotatable bonds is 10. The number of hydrogen-bond donors (Lipinski definition) is 2. The summed E-state index contributed by atoms with van der Waals surface area (Å²) in [5, 5.41) is 10.4. The number of alkyl halides is 2. The Morgan fingerprint density at radius 2 is 2.07 bits per heavy atom. The van der Waals surface area contributed by atoms with Crippen molar-refractivity contribution < 1.29 is 18.3 Å². The number of benzene rings is 1. The fourth-order valence-electron chi connectivity index (χ4n) is 2.44. The van der Waals surface area contributed by atoms with Gasteiger partial charge in [0.25, 0.3) is 0 Å². The van der Waals surface area contributed by atoms with Crippen LogP contribution < -0.4 is 20.1 Å². The summed E-state index contributed by atoms with van der Waals surface area (Å²) in [4.78, 5) is 4.47. The van der Waals surface area contributed by atoms with E-state index >= 15 is 0 Å². The lowest BCUT2D eigenvalue weighted by Gasteiger charge is -2.14. The van der Waals surface area contributed by atoms with Crippen LogP contribution in [0.5, 0.6) is 11.5 Å². The number of aromatic nitrogens is 2. The summed E-state index contributed by atoms with van der Waals surface area (Å²) in [6.07, 6.45) is 2.54. The molecular formula is C19H27F2N5O2. The third-order valence-corrected chi connectivity index (χ3v) is 3.84. The number of halogens is 2. The Bertz CT molecular complexity index is 765. The van der Waals surface area contributed by atoms with Crippen LogP contribution in [-0.2, 0) is 20.1 Å². The average Bonchev–Trinajstić information content (AvgIpc) is 3.07. The molecule has 2 aromatic rings. The summed E-state index contributed by atoms with van der Waals surface area (Å²) in [6, 6.07) is 6.80. The number of aliphatic imine (C=N–C) groups is 1. The van der Waals surface area contributed by atoms with Crippen LogP contribution in [-0.4, -0.2) is 35.5 Å². The predicted molar refractivity (Wildman–Crippen MR) is 104 cm³/mol. The molecular weight excluding hydrogens is 368 g/mol. The molecule has 2 rings (SSSR count). The standard InChI is InChI=1S/C19H27F2N5O2/c1-4-10-27-16-7-6-14(17(11-16)28-18(20)21)12-23-19(22-5-2)24-13-15-8-9-25-26(15)3/h6-9,11,18H,4-5,10,12-13H2,1-3H3,(H2,22,23,24). The van der Waals surface area contributed by atoms with Crippen LogP contribution in [0.15, 0.2) is 35.5 Å². The molecule has 0 amide bonds. The molecule has 0 aliphatic heterocycles. The van der Waals surface area contributed by atoms with Gasteiger partial charge in [-0.3, -0.25) is 4.68 Å². The highest BCUT2D eigenvalue weighted by Gasteiger charge is 2.12. The van der Waals surface area contributed by atoms with Crippen molar-refractivity contribution in [3.05, 3.63) is 41.7 Å². The topological polar surface area (TPSA) is 72.7 Å². The molecule has 0 aliphatic rings. The van der Waals surface area contributed by atoms with Gasteiger partial charge in [-0.15, -0.1) is 0 Å². The van der Waals surface area contributed by atoms with E-state index in [9.17, 15) is 8.78 Å². The zero-order chi connectivity index (χ0) is 20.4. The van der Waals surface area contributed by atoms with Gasteiger partial charge in [-0.2, -0.15) is 13.9 Å². The number of ether oxygens (including phenoxy) is 2. The van der Waals surface area contributed by atoms with E-state index in [1.165, 1.54) is 6.07 Å². The molecule has 0 atom stereocenters. The minimum atomic E-state index is -2.92. The maximum atomic E-state index is 12.8. The molecule has 1 aromatic carbocycles. The van der Waals surface area contributed by atoms with Gasteiger partial charge in [0.05, 0.1) is 25.4 Å². The Morgan fingerprint density at radius 3 is 2.71 bits per heavy atom. The number of aryl methyl sites for hydroxylation is 1. The van der Waals surface area contributed by atoms with Crippen molar-refractivity contribution in [1.82, 2.24) is 20.4 Å². The third kappa shape index (κ3) is 6.71. The lowest BCUT2D eigenvalue weighted by atomic mass is 10.2. The number of nitrogens with one attached hydrogen (secondary N) is 2. The molecule has 0 fully saturated rings. The molecule has 0 aliphatic carbocycles. The monoisotopic (exact) mass is 395 g/mol. The largest absolute Gasteiger partial charge is 0.493 e. The normalized spacial score (nSPS) is 11.6. The second-order valence-corrected chi connectivity index (χ2v) is 5.99. The highest BCUT2D eigenvalue weighted by molar-refractivity contribution is 5.79. The summed E-state index contributed by atoms with van der Waals surface area (Å²) < 4.78 is 37.5. The number of nitrogens with zero attached hydrogens (tertiary/aromatic N) is 3. The Kier molecular flexibility index (Phi) is 8.51. The Balaban J connectivity index is 2.11. The van der Waals surface area contributed by atoms with Crippen molar-refractivity contribution in [3.8, 4) is 11.5 Å². The van der Waals surface area contributed by atoms with Crippen LogP contribution in [0.4, 0.5) is 8.78 Å². The van der Waals surface area contributed by atoms with Crippen LogP contribution in [0.25, 0.3) is 0 Å². The summed E-state index contributed by atoms with van der Waals surface area (Å²) in [7, 11) is 1.86. The van der Waals surface area contributed by atoms with E-state index in [1.54, 1.807) is 23.0 Å². The summed E-state index contributed by atoms with van der Waals surface area (Å²) in [5.41, 5.74) is 1.53. The zero-order valence-corrected chi connectivity index (χ0v) is 16.4. The number of guanidine groups is 1. The van der Waals surface area contributed by atoms with E-state index in [0.29, 0.717) is 37.0 Å². The molecule has 28 heavy (non-hydrogen) atoms. The highest BCUT2D eigenvalue weighted by atomic mass is 19.3. The minimum Gasteiger partial charge on any atom is -0.493 e. The van der Waals surface area contributed by atoms with Gasteiger partial charge in [0.15, 0.2) is 5.96 Å². The Hall–Kier alpha value is -2.84. The second-order valence-electron chi connectivity index (χ2n) is 5.99. The van der Waals surface area contributed by atoms with Crippen LogP contribution >= 0.6 is 0 Å². The van der Waals surface area contributed by atoms with Crippen LogP contribution in [0.2, 0.25) is 0 Å². The lowest BCUT2D eigenvalue weighted by Crippen LogP contribution is -2.37. The van der Waals surface area contributed by atoms with E-state index in [4.69, 9.17) is 4.74 Å². The molecule has 1 heterocycles. The third-order valence-electron chi connectivity index (χ3n) is 3.84. The lowest BCUT2D eigenvalue weighted by molar-refractivity contribution is -0.0505. The fourth-order valence-corrected chi connectivity index (χ4v) is 2.44. The van der Waals surface area contributed by atoms with E-state index in [2.05, 4.69) is 25.5 Å². The van der Waals surface area contributed by atoms with Gasteiger partial charge in [0.2, 0.25) is 0 Å². The molecule has 9 heteroatoms. The first kappa shape index (κ1) is 21.5. The maximum Gasteiger partial charge on any atom is 0.387 e. The van der Waals surface area contributed by atoms with Gasteiger partial charge in [0, 0.05) is 31.4 Å². The number of hydrogen-bond acceptors (Lipinski definition) is 4. The molecule has 7 nitrogen and oxygen atoms in total. The summed E-state index contributed by atoms with van der Waals surface area (Å²) in [5.74, 6) is 1.12. The van der Waals surface area contributed by atoms with Crippen molar-refractivity contribution >= 4 is 5.96 Å². The Morgan fingerprint density at radius 1 is 1.25 bits per heavy atom. The van der Waals surface area contributed by atoms with E-state index in [-0.39, 0.29) is 12.3 Å². The highest BCUT2D eigenvalue weighted by Crippen LogP contribution is 2.27. The molecule has 2 N–H and O–H groups in total.